The van der Waals surface area contributed by atoms with E-state index in [2.05, 4.69) is 49.2 Å². The molecule has 0 aromatic heterocycles. The average molecular weight is 290 g/mol. The van der Waals surface area contributed by atoms with Gasteiger partial charge >= 0.3 is 0 Å². The zero-order chi connectivity index (χ0) is 15.2. The van der Waals surface area contributed by atoms with Gasteiger partial charge < -0.3 is 15.0 Å². The highest BCUT2D eigenvalue weighted by atomic mass is 16.5. The van der Waals surface area contributed by atoms with Crippen LogP contribution in [-0.4, -0.2) is 32.8 Å². The maximum atomic E-state index is 5.11. The lowest BCUT2D eigenvalue weighted by Gasteiger charge is -2.31. The molecular formula is C18H30N2O. The Morgan fingerprint density at radius 3 is 2.71 bits per heavy atom. The van der Waals surface area contributed by atoms with Crippen molar-refractivity contribution < 1.29 is 4.74 Å². The molecule has 0 amide bonds. The SMILES string of the molecule is COCCNCc1cc(C)ccc1N(CC1CC1)C(C)C. The van der Waals surface area contributed by atoms with Crippen LogP contribution in [0.1, 0.15) is 37.8 Å². The van der Waals surface area contributed by atoms with Crippen LogP contribution in [0, 0.1) is 12.8 Å². The Bertz CT molecular complexity index is 441. The fourth-order valence-corrected chi connectivity index (χ4v) is 2.70. The number of hydrogen-bond donors (Lipinski definition) is 1. The van der Waals surface area contributed by atoms with Gasteiger partial charge in [-0.25, -0.2) is 0 Å². The largest absolute Gasteiger partial charge is 0.383 e. The molecule has 0 spiro atoms. The summed E-state index contributed by atoms with van der Waals surface area (Å²) in [6.07, 6.45) is 2.80. The number of ether oxygens (including phenoxy) is 1. The molecule has 1 aliphatic carbocycles. The van der Waals surface area contributed by atoms with Crippen molar-refractivity contribution in [2.75, 3.05) is 31.7 Å². The normalized spacial score (nSPS) is 14.7. The van der Waals surface area contributed by atoms with Crippen LogP contribution in [0.5, 0.6) is 0 Å². The van der Waals surface area contributed by atoms with E-state index in [9.17, 15) is 0 Å². The standard InChI is InChI=1S/C18H30N2O/c1-14(2)20(13-16-6-7-16)18-8-5-15(3)11-17(18)12-19-9-10-21-4/h5,8,11,14,16,19H,6-7,9-10,12-13H2,1-4H3. The number of hydrogen-bond acceptors (Lipinski definition) is 3. The van der Waals surface area contributed by atoms with Crippen molar-refractivity contribution in [3.8, 4) is 0 Å². The van der Waals surface area contributed by atoms with Crippen LogP contribution in [-0.2, 0) is 11.3 Å². The van der Waals surface area contributed by atoms with Crippen molar-refractivity contribution in [2.24, 2.45) is 5.92 Å². The Morgan fingerprint density at radius 2 is 2.10 bits per heavy atom. The van der Waals surface area contributed by atoms with Crippen molar-refractivity contribution in [3.63, 3.8) is 0 Å². The molecule has 0 unspecified atom stereocenters. The number of rotatable bonds is 9. The number of nitrogens with one attached hydrogen (secondary N) is 1. The number of aryl methyl sites for hydroxylation is 1. The summed E-state index contributed by atoms with van der Waals surface area (Å²) in [6, 6.07) is 7.39. The second-order valence-corrected chi connectivity index (χ2v) is 6.49. The van der Waals surface area contributed by atoms with E-state index >= 15 is 0 Å². The van der Waals surface area contributed by atoms with Crippen molar-refractivity contribution in [1.29, 1.82) is 0 Å². The molecule has 2 rings (SSSR count). The molecule has 1 N–H and O–H groups in total. The van der Waals surface area contributed by atoms with Gasteiger partial charge in [-0.3, -0.25) is 0 Å². The van der Waals surface area contributed by atoms with Gasteiger partial charge in [0.2, 0.25) is 0 Å². The summed E-state index contributed by atoms with van der Waals surface area (Å²) in [5.41, 5.74) is 4.13. The third-order valence-electron chi connectivity index (χ3n) is 4.12. The zero-order valence-electron chi connectivity index (χ0n) is 14.0. The van der Waals surface area contributed by atoms with E-state index in [1.165, 1.54) is 36.2 Å². The van der Waals surface area contributed by atoms with Crippen molar-refractivity contribution in [3.05, 3.63) is 29.3 Å². The molecule has 1 aromatic rings. The Balaban J connectivity index is 2.11. The first-order valence-corrected chi connectivity index (χ1v) is 8.17. The van der Waals surface area contributed by atoms with Gasteiger partial charge in [-0.2, -0.15) is 0 Å². The molecule has 1 saturated carbocycles. The molecule has 0 atom stereocenters. The van der Waals surface area contributed by atoms with Crippen LogP contribution in [0.2, 0.25) is 0 Å². The van der Waals surface area contributed by atoms with Gasteiger partial charge in [-0.1, -0.05) is 17.7 Å². The summed E-state index contributed by atoms with van der Waals surface area (Å²) in [4.78, 5) is 2.57. The second-order valence-electron chi connectivity index (χ2n) is 6.49. The van der Waals surface area contributed by atoms with Gasteiger partial charge in [0, 0.05) is 38.5 Å². The molecule has 1 fully saturated rings. The van der Waals surface area contributed by atoms with Gasteiger partial charge in [0.15, 0.2) is 0 Å². The molecule has 0 heterocycles. The van der Waals surface area contributed by atoms with Gasteiger partial charge in [0.05, 0.1) is 6.61 Å². The Morgan fingerprint density at radius 1 is 1.33 bits per heavy atom. The van der Waals surface area contributed by atoms with Gasteiger partial charge in [0.1, 0.15) is 0 Å². The number of methoxy groups -OCH3 is 1. The topological polar surface area (TPSA) is 24.5 Å². The smallest absolute Gasteiger partial charge is 0.0587 e. The highest BCUT2D eigenvalue weighted by molar-refractivity contribution is 5.56. The van der Waals surface area contributed by atoms with Crippen LogP contribution < -0.4 is 10.2 Å². The lowest BCUT2D eigenvalue weighted by atomic mass is 10.1. The van der Waals surface area contributed by atoms with Crippen molar-refractivity contribution in [2.45, 2.75) is 46.2 Å². The molecular weight excluding hydrogens is 260 g/mol. The zero-order valence-corrected chi connectivity index (χ0v) is 14.0. The van der Waals surface area contributed by atoms with E-state index in [1.807, 2.05) is 0 Å². The predicted molar refractivity (Wildman–Crippen MR) is 90.0 cm³/mol. The first kappa shape index (κ1) is 16.3. The summed E-state index contributed by atoms with van der Waals surface area (Å²) < 4.78 is 5.11. The van der Waals surface area contributed by atoms with Gasteiger partial charge in [-0.05, 0) is 51.2 Å². The Labute approximate surface area is 129 Å². The Kier molecular flexibility index (Phi) is 6.07. The van der Waals surface area contributed by atoms with E-state index in [1.54, 1.807) is 7.11 Å². The summed E-state index contributed by atoms with van der Waals surface area (Å²) in [7, 11) is 1.75. The van der Waals surface area contributed by atoms with E-state index in [4.69, 9.17) is 4.74 Å². The molecule has 0 bridgehead atoms. The van der Waals surface area contributed by atoms with E-state index in [0.29, 0.717) is 6.04 Å². The number of anilines is 1. The molecule has 1 aliphatic rings. The van der Waals surface area contributed by atoms with Crippen molar-refractivity contribution in [1.82, 2.24) is 5.32 Å². The highest BCUT2D eigenvalue weighted by Gasteiger charge is 2.26. The predicted octanol–water partition coefficient (Wildman–Crippen LogP) is 3.36. The molecule has 0 radical (unpaired) electrons. The van der Waals surface area contributed by atoms with Crippen LogP contribution in [0.15, 0.2) is 18.2 Å². The lowest BCUT2D eigenvalue weighted by Crippen LogP contribution is -2.34. The maximum absolute atomic E-state index is 5.11. The number of nitrogens with zero attached hydrogens (tertiary/aromatic N) is 1. The Hall–Kier alpha value is -1.06. The minimum Gasteiger partial charge on any atom is -0.383 e. The maximum Gasteiger partial charge on any atom is 0.0587 e. The van der Waals surface area contributed by atoms with Crippen LogP contribution in [0.25, 0.3) is 0 Å². The minimum absolute atomic E-state index is 0.547. The quantitative estimate of drug-likeness (QED) is 0.706. The summed E-state index contributed by atoms with van der Waals surface area (Å²) in [5, 5.41) is 3.48. The molecule has 3 nitrogen and oxygen atoms in total. The second kappa shape index (κ2) is 7.81. The molecule has 0 saturated heterocycles. The first-order chi connectivity index (χ1) is 10.1. The van der Waals surface area contributed by atoms with Crippen molar-refractivity contribution >= 4 is 5.69 Å². The van der Waals surface area contributed by atoms with E-state index < -0.39 is 0 Å². The summed E-state index contributed by atoms with van der Waals surface area (Å²) in [6.45, 7) is 10.5. The fraction of sp³-hybridized carbons (Fsp3) is 0.667. The number of benzene rings is 1. The third-order valence-corrected chi connectivity index (χ3v) is 4.12. The molecule has 21 heavy (non-hydrogen) atoms. The van der Waals surface area contributed by atoms with Crippen LogP contribution in [0.4, 0.5) is 5.69 Å². The third kappa shape index (κ3) is 5.01. The molecule has 118 valence electrons. The summed E-state index contributed by atoms with van der Waals surface area (Å²) >= 11 is 0. The first-order valence-electron chi connectivity index (χ1n) is 8.17. The van der Waals surface area contributed by atoms with Gasteiger partial charge in [-0.15, -0.1) is 0 Å². The van der Waals surface area contributed by atoms with E-state index in [-0.39, 0.29) is 0 Å². The molecule has 3 heteroatoms. The monoisotopic (exact) mass is 290 g/mol. The summed E-state index contributed by atoms with van der Waals surface area (Å²) in [5.74, 6) is 0.906. The highest BCUT2D eigenvalue weighted by Crippen LogP contribution is 2.33. The van der Waals surface area contributed by atoms with Gasteiger partial charge in [0.25, 0.3) is 0 Å². The van der Waals surface area contributed by atoms with Crippen LogP contribution >= 0.6 is 0 Å². The molecule has 1 aromatic carbocycles. The fourth-order valence-electron chi connectivity index (χ4n) is 2.70. The molecule has 0 aliphatic heterocycles. The minimum atomic E-state index is 0.547. The van der Waals surface area contributed by atoms with E-state index in [0.717, 1.165) is 25.6 Å². The lowest BCUT2D eigenvalue weighted by molar-refractivity contribution is 0.199. The van der Waals surface area contributed by atoms with Crippen LogP contribution in [0.3, 0.4) is 0 Å². The average Bonchev–Trinajstić information content (AvgIpc) is 3.25.